The fourth-order valence-corrected chi connectivity index (χ4v) is 8.46. The van der Waals surface area contributed by atoms with Crippen molar-refractivity contribution in [3.63, 3.8) is 0 Å². The van der Waals surface area contributed by atoms with Crippen LogP contribution in [0.4, 0.5) is 5.69 Å². The van der Waals surface area contributed by atoms with Crippen LogP contribution in [-0.4, -0.2) is 48.1 Å². The predicted octanol–water partition coefficient (Wildman–Crippen LogP) is 3.46. The molecule has 156 valence electrons. The lowest BCUT2D eigenvalue weighted by Gasteiger charge is -2.25. The van der Waals surface area contributed by atoms with E-state index in [1.807, 2.05) is 11.0 Å². The molecule has 3 aliphatic rings. The zero-order chi connectivity index (χ0) is 20.6. The number of benzene rings is 1. The van der Waals surface area contributed by atoms with Crippen LogP contribution in [-0.2, 0) is 14.6 Å². The summed E-state index contributed by atoms with van der Waals surface area (Å²) in [6.07, 6.45) is 6.21. The number of amidine groups is 1. The number of aliphatic imine (C=N–C) groups is 1. The summed E-state index contributed by atoms with van der Waals surface area (Å²) in [5.41, 5.74) is 1.28. The van der Waals surface area contributed by atoms with Crippen LogP contribution in [0.2, 0.25) is 0 Å². The van der Waals surface area contributed by atoms with Crippen LogP contribution in [0.3, 0.4) is 0 Å². The third kappa shape index (κ3) is 4.58. The maximum atomic E-state index is 12.6. The van der Waals surface area contributed by atoms with Crippen molar-refractivity contribution in [1.82, 2.24) is 0 Å². The van der Waals surface area contributed by atoms with Crippen molar-refractivity contribution in [3.8, 4) is 0 Å². The monoisotopic (exact) mass is 434 g/mol. The van der Waals surface area contributed by atoms with Gasteiger partial charge in [0.2, 0.25) is 5.91 Å². The van der Waals surface area contributed by atoms with Crippen LogP contribution in [0.1, 0.15) is 55.8 Å². The molecule has 2 aliphatic heterocycles. The summed E-state index contributed by atoms with van der Waals surface area (Å²) in [5, 5.41) is 0.425. The highest BCUT2D eigenvalue weighted by Crippen LogP contribution is 2.41. The van der Waals surface area contributed by atoms with E-state index < -0.39 is 9.84 Å². The first-order valence-electron chi connectivity index (χ1n) is 10.2. The number of Topliss-reactive ketones (excluding diaryl/α,β-unsaturated/α-hetero) is 1. The maximum absolute atomic E-state index is 12.6. The molecule has 4 rings (SSSR count). The second-order valence-corrected chi connectivity index (χ2v) is 11.6. The lowest BCUT2D eigenvalue weighted by atomic mass is 10.0. The van der Waals surface area contributed by atoms with E-state index in [1.54, 1.807) is 18.2 Å². The van der Waals surface area contributed by atoms with Crippen molar-refractivity contribution >= 4 is 44.1 Å². The van der Waals surface area contributed by atoms with Crippen LogP contribution in [0.5, 0.6) is 0 Å². The largest absolute Gasteiger partial charge is 0.316 e. The van der Waals surface area contributed by atoms with Crippen LogP contribution in [0.15, 0.2) is 29.3 Å². The molecule has 1 amide bonds. The van der Waals surface area contributed by atoms with E-state index in [0.717, 1.165) is 12.1 Å². The number of hydrogen-bond donors (Lipinski definition) is 0. The third-order valence-corrected chi connectivity index (χ3v) is 9.27. The molecule has 1 aromatic carbocycles. The molecule has 0 radical (unpaired) electrons. The topological polar surface area (TPSA) is 83.9 Å². The van der Waals surface area contributed by atoms with Gasteiger partial charge in [-0.25, -0.2) is 8.42 Å². The van der Waals surface area contributed by atoms with Gasteiger partial charge in [-0.05, 0) is 31.4 Å². The second-order valence-electron chi connectivity index (χ2n) is 8.25. The summed E-state index contributed by atoms with van der Waals surface area (Å²) in [4.78, 5) is 30.6. The Labute approximate surface area is 176 Å². The fourth-order valence-electron chi connectivity index (χ4n) is 4.53. The molecular formula is C21H26N2O4S2. The van der Waals surface area contributed by atoms with Gasteiger partial charge in [0.05, 0.1) is 17.5 Å². The van der Waals surface area contributed by atoms with Gasteiger partial charge in [-0.2, -0.15) is 4.99 Å². The molecule has 8 heteroatoms. The van der Waals surface area contributed by atoms with E-state index in [-0.39, 0.29) is 34.5 Å². The van der Waals surface area contributed by atoms with Crippen LogP contribution in [0, 0.1) is 5.92 Å². The van der Waals surface area contributed by atoms with Crippen molar-refractivity contribution in [2.45, 2.75) is 56.7 Å². The zero-order valence-corrected chi connectivity index (χ0v) is 18.2. The predicted molar refractivity (Wildman–Crippen MR) is 116 cm³/mol. The van der Waals surface area contributed by atoms with Crippen molar-refractivity contribution in [3.05, 3.63) is 29.8 Å². The normalized spacial score (nSPS) is 27.5. The number of thioether (sulfide) groups is 1. The van der Waals surface area contributed by atoms with Gasteiger partial charge < -0.3 is 4.90 Å². The number of sulfone groups is 1. The molecule has 2 atom stereocenters. The number of nitrogens with zero attached hydrogens (tertiary/aromatic N) is 2. The number of fused-ring (bicyclic) bond motifs is 1. The summed E-state index contributed by atoms with van der Waals surface area (Å²) >= 11 is 1.38. The van der Waals surface area contributed by atoms with Gasteiger partial charge in [0, 0.05) is 22.9 Å². The smallest absolute Gasteiger partial charge is 0.248 e. The molecule has 6 nitrogen and oxygen atoms in total. The first-order valence-corrected chi connectivity index (χ1v) is 12.9. The summed E-state index contributed by atoms with van der Waals surface area (Å²) in [6.45, 7) is 1.50. The number of rotatable bonds is 5. The lowest BCUT2D eigenvalue weighted by Crippen LogP contribution is -2.37. The van der Waals surface area contributed by atoms with Crippen molar-refractivity contribution in [2.24, 2.45) is 10.9 Å². The van der Waals surface area contributed by atoms with E-state index >= 15 is 0 Å². The average Bonchev–Trinajstić information content (AvgIpc) is 3.34. The minimum Gasteiger partial charge on any atom is -0.316 e. The van der Waals surface area contributed by atoms with Gasteiger partial charge in [-0.3, -0.25) is 9.59 Å². The van der Waals surface area contributed by atoms with Crippen LogP contribution < -0.4 is 4.90 Å². The number of carbonyl (C=O) groups is 2. The Morgan fingerprint density at radius 3 is 2.69 bits per heavy atom. The van der Waals surface area contributed by atoms with Crippen LogP contribution in [0.25, 0.3) is 0 Å². The molecule has 0 spiro atoms. The SMILES string of the molecule is CC(=O)c1cccc(N2C(=NC(=O)CCC3CCCC3)S[C@@H]3CS(=O)(=O)C[C@H]32)c1. The number of ketones is 1. The molecule has 0 unspecified atom stereocenters. The number of carbonyl (C=O) groups excluding carboxylic acids is 2. The van der Waals surface area contributed by atoms with Gasteiger partial charge in [-0.15, -0.1) is 0 Å². The molecule has 0 bridgehead atoms. The molecule has 1 aromatic rings. The second kappa shape index (κ2) is 8.22. The molecule has 29 heavy (non-hydrogen) atoms. The van der Waals surface area contributed by atoms with Crippen molar-refractivity contribution in [2.75, 3.05) is 16.4 Å². The van der Waals surface area contributed by atoms with E-state index in [9.17, 15) is 18.0 Å². The van der Waals surface area contributed by atoms with E-state index in [1.165, 1.54) is 44.4 Å². The quantitative estimate of drug-likeness (QED) is 0.660. The molecule has 2 heterocycles. The highest BCUT2D eigenvalue weighted by Gasteiger charge is 2.49. The van der Waals surface area contributed by atoms with Gasteiger partial charge >= 0.3 is 0 Å². The third-order valence-electron chi connectivity index (χ3n) is 6.06. The first-order chi connectivity index (χ1) is 13.8. The Bertz CT molecular complexity index is 951. The van der Waals surface area contributed by atoms with E-state index in [4.69, 9.17) is 0 Å². The Morgan fingerprint density at radius 1 is 1.21 bits per heavy atom. The van der Waals surface area contributed by atoms with Gasteiger partial charge in [0.1, 0.15) is 0 Å². The Morgan fingerprint density at radius 2 is 1.97 bits per heavy atom. The summed E-state index contributed by atoms with van der Waals surface area (Å²) in [6, 6.07) is 6.87. The number of amides is 1. The fraction of sp³-hybridized carbons (Fsp3) is 0.571. The molecule has 0 N–H and O–H groups in total. The van der Waals surface area contributed by atoms with E-state index in [2.05, 4.69) is 4.99 Å². The minimum atomic E-state index is -3.12. The molecule has 0 aromatic heterocycles. The number of anilines is 1. The van der Waals surface area contributed by atoms with Crippen LogP contribution >= 0.6 is 11.8 Å². The average molecular weight is 435 g/mol. The van der Waals surface area contributed by atoms with Crippen molar-refractivity contribution < 1.29 is 18.0 Å². The molecule has 2 saturated heterocycles. The van der Waals surface area contributed by atoms with Gasteiger partial charge in [0.15, 0.2) is 20.8 Å². The molecule has 3 fully saturated rings. The Balaban J connectivity index is 1.59. The highest BCUT2D eigenvalue weighted by molar-refractivity contribution is 8.16. The van der Waals surface area contributed by atoms with Gasteiger partial charge in [-0.1, -0.05) is 49.6 Å². The summed E-state index contributed by atoms with van der Waals surface area (Å²) < 4.78 is 24.3. The number of hydrogen-bond acceptors (Lipinski definition) is 5. The molecule has 1 aliphatic carbocycles. The Kier molecular flexibility index (Phi) is 5.84. The highest BCUT2D eigenvalue weighted by atomic mass is 32.2. The van der Waals surface area contributed by atoms with Crippen molar-refractivity contribution in [1.29, 1.82) is 0 Å². The zero-order valence-electron chi connectivity index (χ0n) is 16.5. The Hall–Kier alpha value is -1.67. The summed E-state index contributed by atoms with van der Waals surface area (Å²) in [7, 11) is -3.12. The maximum Gasteiger partial charge on any atom is 0.248 e. The first kappa shape index (κ1) is 20.6. The van der Waals surface area contributed by atoms with E-state index in [0.29, 0.717) is 23.1 Å². The lowest BCUT2D eigenvalue weighted by molar-refractivity contribution is -0.118. The molecular weight excluding hydrogens is 408 g/mol. The molecule has 1 saturated carbocycles. The summed E-state index contributed by atoms with van der Waals surface area (Å²) in [5.74, 6) is 0.573. The van der Waals surface area contributed by atoms with Gasteiger partial charge in [0.25, 0.3) is 0 Å². The standard InChI is InChI=1S/C21H26N2O4S2/c1-14(24)16-7-4-8-17(11-16)23-18-12-29(26,27)13-19(18)28-21(23)22-20(25)10-9-15-5-2-3-6-15/h4,7-8,11,15,18-19H,2-3,5-6,9-10,12-13H2,1H3/t18-,19-/m1/s1. The minimum absolute atomic E-state index is 0.0459.